The van der Waals surface area contributed by atoms with Crippen molar-refractivity contribution in [3.05, 3.63) is 0 Å². The number of hydroxylamine groups is 2. The van der Waals surface area contributed by atoms with Crippen LogP contribution in [0.5, 0.6) is 0 Å². The molecule has 1 aliphatic heterocycles. The van der Waals surface area contributed by atoms with E-state index >= 15 is 0 Å². The predicted octanol–water partition coefficient (Wildman–Crippen LogP) is -0.831. The fourth-order valence-electron chi connectivity index (χ4n) is 1.83. The molecule has 3 amide bonds. The van der Waals surface area contributed by atoms with Crippen molar-refractivity contribution in [3.8, 4) is 0 Å². The van der Waals surface area contributed by atoms with Crippen molar-refractivity contribution < 1.29 is 24.3 Å². The Balaban J connectivity index is 2.68. The molecule has 102 valence electrons. The van der Waals surface area contributed by atoms with Crippen LogP contribution in [-0.2, 0) is 14.4 Å². The molecule has 0 saturated carbocycles. The lowest BCUT2D eigenvalue weighted by molar-refractivity contribution is -0.171. The number of rotatable bonds is 5. The van der Waals surface area contributed by atoms with E-state index in [1.54, 1.807) is 0 Å². The van der Waals surface area contributed by atoms with Crippen molar-refractivity contribution in [2.45, 2.75) is 18.9 Å². The molecule has 0 radical (unpaired) electrons. The number of likely N-dealkylation sites (N-methyl/N-ethyl adjacent to an activating group) is 1. The molecule has 1 fully saturated rings. The van der Waals surface area contributed by atoms with E-state index in [1.165, 1.54) is 14.2 Å². The number of hydrogen-bond donors (Lipinski definition) is 3. The van der Waals surface area contributed by atoms with E-state index in [4.69, 9.17) is 9.94 Å². The second kappa shape index (κ2) is 6.20. The molecular formula is C10H17N3O5. The lowest BCUT2D eigenvalue weighted by atomic mass is 9.98. The SMILES string of the molecule is CON(C)C(=O)[C@H](CC1CCNC1=O)NC(=O)O. The summed E-state index contributed by atoms with van der Waals surface area (Å²) < 4.78 is 0. The van der Waals surface area contributed by atoms with Crippen molar-refractivity contribution in [1.82, 2.24) is 15.7 Å². The Kier molecular flexibility index (Phi) is 4.90. The molecule has 2 atom stereocenters. The summed E-state index contributed by atoms with van der Waals surface area (Å²) in [5.41, 5.74) is 0. The van der Waals surface area contributed by atoms with Gasteiger partial charge in [0.15, 0.2) is 0 Å². The molecule has 1 aliphatic rings. The molecule has 0 bridgehead atoms. The van der Waals surface area contributed by atoms with E-state index in [1.807, 2.05) is 0 Å². The van der Waals surface area contributed by atoms with E-state index in [2.05, 4.69) is 10.6 Å². The van der Waals surface area contributed by atoms with Gasteiger partial charge >= 0.3 is 6.09 Å². The van der Waals surface area contributed by atoms with Crippen molar-refractivity contribution in [2.24, 2.45) is 5.92 Å². The highest BCUT2D eigenvalue weighted by atomic mass is 16.7. The molecule has 1 rings (SSSR count). The van der Waals surface area contributed by atoms with Gasteiger partial charge in [-0.1, -0.05) is 0 Å². The van der Waals surface area contributed by atoms with Gasteiger partial charge in [0.05, 0.1) is 7.11 Å². The van der Waals surface area contributed by atoms with Crippen LogP contribution in [0.2, 0.25) is 0 Å². The monoisotopic (exact) mass is 259 g/mol. The third-order valence-corrected chi connectivity index (χ3v) is 2.86. The highest BCUT2D eigenvalue weighted by molar-refractivity contribution is 5.86. The first kappa shape index (κ1) is 14.2. The number of nitrogens with zero attached hydrogens (tertiary/aromatic N) is 1. The van der Waals surface area contributed by atoms with Crippen LogP contribution >= 0.6 is 0 Å². The van der Waals surface area contributed by atoms with Gasteiger partial charge < -0.3 is 15.7 Å². The molecule has 8 nitrogen and oxygen atoms in total. The third-order valence-electron chi connectivity index (χ3n) is 2.86. The summed E-state index contributed by atoms with van der Waals surface area (Å²) >= 11 is 0. The van der Waals surface area contributed by atoms with Gasteiger partial charge in [0.1, 0.15) is 6.04 Å². The molecule has 0 aromatic heterocycles. The summed E-state index contributed by atoms with van der Waals surface area (Å²) in [5, 5.41) is 14.4. The molecule has 1 heterocycles. The van der Waals surface area contributed by atoms with Crippen LogP contribution in [0.4, 0.5) is 4.79 Å². The van der Waals surface area contributed by atoms with Crippen LogP contribution in [-0.4, -0.2) is 54.8 Å². The summed E-state index contributed by atoms with van der Waals surface area (Å²) in [7, 11) is 2.69. The van der Waals surface area contributed by atoms with Crippen molar-refractivity contribution >= 4 is 17.9 Å². The normalized spacial score (nSPS) is 20.1. The van der Waals surface area contributed by atoms with Crippen LogP contribution in [0.25, 0.3) is 0 Å². The maximum atomic E-state index is 11.8. The fourth-order valence-corrected chi connectivity index (χ4v) is 1.83. The number of amides is 3. The van der Waals surface area contributed by atoms with Crippen molar-refractivity contribution in [1.29, 1.82) is 0 Å². The van der Waals surface area contributed by atoms with Crippen LogP contribution < -0.4 is 10.6 Å². The second-order valence-corrected chi connectivity index (χ2v) is 4.03. The van der Waals surface area contributed by atoms with Gasteiger partial charge in [-0.25, -0.2) is 9.86 Å². The molecule has 0 aromatic rings. The third kappa shape index (κ3) is 3.59. The average Bonchev–Trinajstić information content (AvgIpc) is 2.71. The number of carboxylic acid groups (broad SMARTS) is 1. The Morgan fingerprint density at radius 3 is 2.78 bits per heavy atom. The van der Waals surface area contributed by atoms with Crippen LogP contribution in [0.1, 0.15) is 12.8 Å². The summed E-state index contributed by atoms with van der Waals surface area (Å²) in [6, 6.07) is -0.985. The first-order valence-electron chi connectivity index (χ1n) is 5.54. The summed E-state index contributed by atoms with van der Waals surface area (Å²) in [6.45, 7) is 0.553. The Morgan fingerprint density at radius 2 is 2.33 bits per heavy atom. The van der Waals surface area contributed by atoms with Gasteiger partial charge in [0.25, 0.3) is 5.91 Å². The van der Waals surface area contributed by atoms with Crippen LogP contribution in [0.15, 0.2) is 0 Å². The van der Waals surface area contributed by atoms with Gasteiger partial charge in [-0.05, 0) is 12.8 Å². The van der Waals surface area contributed by atoms with Crippen LogP contribution in [0, 0.1) is 5.92 Å². The minimum absolute atomic E-state index is 0.130. The van der Waals surface area contributed by atoms with E-state index in [-0.39, 0.29) is 18.2 Å². The Labute approximate surface area is 104 Å². The quantitative estimate of drug-likeness (QED) is 0.558. The highest BCUT2D eigenvalue weighted by Gasteiger charge is 2.32. The molecule has 8 heteroatoms. The lowest BCUT2D eigenvalue weighted by Gasteiger charge is -2.23. The summed E-state index contributed by atoms with van der Waals surface area (Å²) in [4.78, 5) is 38.6. The second-order valence-electron chi connectivity index (χ2n) is 4.03. The maximum Gasteiger partial charge on any atom is 0.405 e. The van der Waals surface area contributed by atoms with Gasteiger partial charge in [-0.2, -0.15) is 0 Å². The first-order valence-corrected chi connectivity index (χ1v) is 5.54. The molecule has 18 heavy (non-hydrogen) atoms. The summed E-state index contributed by atoms with van der Waals surface area (Å²) in [5.74, 6) is -1.03. The maximum absolute atomic E-state index is 11.8. The molecule has 3 N–H and O–H groups in total. The Hall–Kier alpha value is -1.83. The zero-order valence-corrected chi connectivity index (χ0v) is 10.3. The van der Waals surface area contributed by atoms with Gasteiger partial charge in [0.2, 0.25) is 5.91 Å². The van der Waals surface area contributed by atoms with Gasteiger partial charge in [-0.3, -0.25) is 14.4 Å². The molecule has 1 unspecified atom stereocenters. The standard InChI is InChI=1S/C10H17N3O5/c1-13(18-2)9(15)7(12-10(16)17)5-6-3-4-11-8(6)14/h6-7,12H,3-5H2,1-2H3,(H,11,14)(H,16,17)/t6?,7-/m0/s1. The number of carbonyl (C=O) groups is 3. The number of carbonyl (C=O) groups excluding carboxylic acids is 2. The molecule has 0 spiro atoms. The van der Waals surface area contributed by atoms with E-state index in [9.17, 15) is 14.4 Å². The van der Waals surface area contributed by atoms with Crippen molar-refractivity contribution in [2.75, 3.05) is 20.7 Å². The summed E-state index contributed by atoms with van der Waals surface area (Å²) in [6.07, 6.45) is -0.582. The molecule has 1 saturated heterocycles. The van der Waals surface area contributed by atoms with Crippen LogP contribution in [0.3, 0.4) is 0 Å². The molecular weight excluding hydrogens is 242 g/mol. The smallest absolute Gasteiger partial charge is 0.405 e. The average molecular weight is 259 g/mol. The van der Waals surface area contributed by atoms with E-state index in [0.717, 1.165) is 5.06 Å². The molecule has 0 aromatic carbocycles. The zero-order valence-electron chi connectivity index (χ0n) is 10.3. The minimum Gasteiger partial charge on any atom is -0.465 e. The zero-order chi connectivity index (χ0) is 13.7. The number of nitrogens with one attached hydrogen (secondary N) is 2. The Bertz CT molecular complexity index is 346. The minimum atomic E-state index is -1.31. The van der Waals surface area contributed by atoms with Gasteiger partial charge in [-0.15, -0.1) is 0 Å². The van der Waals surface area contributed by atoms with Gasteiger partial charge in [0, 0.05) is 19.5 Å². The molecule has 0 aliphatic carbocycles. The van der Waals surface area contributed by atoms with E-state index < -0.39 is 18.0 Å². The van der Waals surface area contributed by atoms with Crippen molar-refractivity contribution in [3.63, 3.8) is 0 Å². The number of hydrogen-bond acceptors (Lipinski definition) is 4. The Morgan fingerprint density at radius 1 is 1.67 bits per heavy atom. The van der Waals surface area contributed by atoms with E-state index in [0.29, 0.717) is 13.0 Å². The first-order chi connectivity index (χ1) is 8.45. The topological polar surface area (TPSA) is 108 Å². The lowest BCUT2D eigenvalue weighted by Crippen LogP contribution is -2.48. The highest BCUT2D eigenvalue weighted by Crippen LogP contribution is 2.17. The largest absolute Gasteiger partial charge is 0.465 e. The fraction of sp³-hybridized carbons (Fsp3) is 0.700. The predicted molar refractivity (Wildman–Crippen MR) is 60.5 cm³/mol.